The highest BCUT2D eigenvalue weighted by atomic mass is 16.5. The first-order valence-corrected chi connectivity index (χ1v) is 6.53. The van der Waals surface area contributed by atoms with Gasteiger partial charge in [0.15, 0.2) is 0 Å². The summed E-state index contributed by atoms with van der Waals surface area (Å²) in [7, 11) is 0. The summed E-state index contributed by atoms with van der Waals surface area (Å²) in [5.74, 6) is -1.52. The molecular formula is C12H19N3O5. The van der Waals surface area contributed by atoms with Gasteiger partial charge in [-0.15, -0.1) is 0 Å². The molecule has 0 aromatic heterocycles. The van der Waals surface area contributed by atoms with Crippen LogP contribution in [0.4, 0.5) is 4.79 Å². The first kappa shape index (κ1) is 14.6. The Labute approximate surface area is 116 Å². The van der Waals surface area contributed by atoms with Crippen molar-refractivity contribution in [3.05, 3.63) is 0 Å². The Morgan fingerprint density at radius 1 is 1.40 bits per heavy atom. The summed E-state index contributed by atoms with van der Waals surface area (Å²) in [6.45, 7) is 2.54. The molecule has 3 N–H and O–H groups in total. The van der Waals surface area contributed by atoms with Gasteiger partial charge in [-0.2, -0.15) is 0 Å². The monoisotopic (exact) mass is 285 g/mol. The average molecular weight is 285 g/mol. The minimum absolute atomic E-state index is 0.234. The van der Waals surface area contributed by atoms with Crippen LogP contribution in [-0.2, 0) is 14.3 Å². The summed E-state index contributed by atoms with van der Waals surface area (Å²) < 4.78 is 5.24. The molecule has 2 rings (SSSR count). The van der Waals surface area contributed by atoms with Crippen LogP contribution in [-0.4, -0.2) is 70.7 Å². The maximum absolute atomic E-state index is 12.2. The van der Waals surface area contributed by atoms with E-state index in [2.05, 4.69) is 0 Å². The van der Waals surface area contributed by atoms with E-state index in [1.807, 2.05) is 0 Å². The van der Waals surface area contributed by atoms with Crippen LogP contribution in [0.2, 0.25) is 0 Å². The van der Waals surface area contributed by atoms with Crippen molar-refractivity contribution in [3.8, 4) is 0 Å². The van der Waals surface area contributed by atoms with E-state index < -0.39 is 23.5 Å². The van der Waals surface area contributed by atoms with Gasteiger partial charge in [-0.1, -0.05) is 0 Å². The molecule has 3 amide bonds. The molecule has 0 bridgehead atoms. The molecule has 0 aromatic carbocycles. The van der Waals surface area contributed by atoms with Crippen LogP contribution in [0.15, 0.2) is 0 Å². The molecule has 2 saturated heterocycles. The van der Waals surface area contributed by atoms with E-state index >= 15 is 0 Å². The summed E-state index contributed by atoms with van der Waals surface area (Å²) in [6, 6.07) is -0.767. The molecule has 0 aliphatic carbocycles. The van der Waals surface area contributed by atoms with Crippen LogP contribution in [0.3, 0.4) is 0 Å². The van der Waals surface area contributed by atoms with E-state index in [-0.39, 0.29) is 12.6 Å². The number of nitrogens with zero attached hydrogens (tertiary/aromatic N) is 2. The Morgan fingerprint density at radius 3 is 2.60 bits per heavy atom. The SMILES string of the molecule is CC1(OCC(=O)O)CN(C(=O)N2CCCC2C(N)=O)C1. The lowest BCUT2D eigenvalue weighted by Crippen LogP contribution is -2.66. The van der Waals surface area contributed by atoms with Gasteiger partial charge in [-0.25, -0.2) is 9.59 Å². The quantitative estimate of drug-likeness (QED) is 0.704. The Morgan fingerprint density at radius 2 is 2.05 bits per heavy atom. The number of ether oxygens (including phenoxy) is 1. The minimum Gasteiger partial charge on any atom is -0.480 e. The van der Waals surface area contributed by atoms with Crippen molar-refractivity contribution >= 4 is 17.9 Å². The number of hydrogen-bond acceptors (Lipinski definition) is 4. The third-order valence-electron chi connectivity index (χ3n) is 3.69. The predicted octanol–water partition coefficient (Wildman–Crippen LogP) is -0.768. The molecular weight excluding hydrogens is 266 g/mol. The van der Waals surface area contributed by atoms with Crippen LogP contribution in [0.1, 0.15) is 19.8 Å². The number of primary amides is 1. The largest absolute Gasteiger partial charge is 0.480 e. The third-order valence-corrected chi connectivity index (χ3v) is 3.69. The fourth-order valence-corrected chi connectivity index (χ4v) is 2.70. The van der Waals surface area contributed by atoms with Gasteiger partial charge in [0, 0.05) is 6.54 Å². The van der Waals surface area contributed by atoms with Gasteiger partial charge in [-0.05, 0) is 19.8 Å². The lowest BCUT2D eigenvalue weighted by Gasteiger charge is -2.48. The highest BCUT2D eigenvalue weighted by molar-refractivity contribution is 5.87. The van der Waals surface area contributed by atoms with Gasteiger partial charge in [0.25, 0.3) is 0 Å². The molecule has 0 aromatic rings. The molecule has 2 aliphatic heterocycles. The molecule has 0 saturated carbocycles. The Balaban J connectivity index is 1.87. The van der Waals surface area contributed by atoms with Crippen molar-refractivity contribution in [1.82, 2.24) is 9.80 Å². The highest BCUT2D eigenvalue weighted by Gasteiger charge is 2.46. The van der Waals surface area contributed by atoms with E-state index in [1.165, 1.54) is 4.90 Å². The number of likely N-dealkylation sites (tertiary alicyclic amines) is 2. The summed E-state index contributed by atoms with van der Waals surface area (Å²) in [5.41, 5.74) is 4.65. The molecule has 1 unspecified atom stereocenters. The van der Waals surface area contributed by atoms with Crippen LogP contribution in [0.5, 0.6) is 0 Å². The van der Waals surface area contributed by atoms with E-state index in [9.17, 15) is 14.4 Å². The van der Waals surface area contributed by atoms with Gasteiger partial charge >= 0.3 is 12.0 Å². The summed E-state index contributed by atoms with van der Waals surface area (Å²) in [4.78, 5) is 37.0. The van der Waals surface area contributed by atoms with Gasteiger partial charge in [0.2, 0.25) is 5.91 Å². The number of carbonyl (C=O) groups excluding carboxylic acids is 2. The lowest BCUT2D eigenvalue weighted by molar-refractivity contribution is -0.160. The van der Waals surface area contributed by atoms with E-state index in [4.69, 9.17) is 15.6 Å². The summed E-state index contributed by atoms with van der Waals surface area (Å²) in [5, 5.41) is 8.57. The molecule has 2 heterocycles. The first-order chi connectivity index (χ1) is 9.32. The van der Waals surface area contributed by atoms with E-state index in [0.717, 1.165) is 6.42 Å². The second kappa shape index (κ2) is 5.28. The van der Waals surface area contributed by atoms with Crippen molar-refractivity contribution < 1.29 is 24.2 Å². The van der Waals surface area contributed by atoms with Gasteiger partial charge < -0.3 is 25.4 Å². The molecule has 20 heavy (non-hydrogen) atoms. The molecule has 1 atom stereocenters. The number of carboxylic acid groups (broad SMARTS) is 1. The number of urea groups is 1. The molecule has 2 fully saturated rings. The maximum atomic E-state index is 12.2. The molecule has 8 heteroatoms. The summed E-state index contributed by atoms with van der Waals surface area (Å²) >= 11 is 0. The Hall–Kier alpha value is -1.83. The number of hydrogen-bond donors (Lipinski definition) is 2. The lowest BCUT2D eigenvalue weighted by atomic mass is 9.97. The maximum Gasteiger partial charge on any atom is 0.329 e. The fourth-order valence-electron chi connectivity index (χ4n) is 2.70. The zero-order valence-electron chi connectivity index (χ0n) is 11.4. The number of aliphatic carboxylic acids is 1. The number of carboxylic acids is 1. The van der Waals surface area contributed by atoms with Crippen LogP contribution < -0.4 is 5.73 Å². The van der Waals surface area contributed by atoms with Gasteiger partial charge in [0.05, 0.1) is 13.1 Å². The zero-order chi connectivity index (χ0) is 14.9. The average Bonchev–Trinajstić information content (AvgIpc) is 2.81. The van der Waals surface area contributed by atoms with Crippen molar-refractivity contribution in [2.75, 3.05) is 26.2 Å². The molecule has 0 spiro atoms. The van der Waals surface area contributed by atoms with E-state index in [0.29, 0.717) is 26.1 Å². The molecule has 8 nitrogen and oxygen atoms in total. The van der Waals surface area contributed by atoms with Gasteiger partial charge in [-0.3, -0.25) is 4.79 Å². The number of amides is 3. The number of nitrogens with two attached hydrogens (primary N) is 1. The number of carbonyl (C=O) groups is 3. The predicted molar refractivity (Wildman–Crippen MR) is 67.9 cm³/mol. The standard InChI is InChI=1S/C12H19N3O5/c1-12(20-5-9(16)17)6-14(7-12)11(19)15-4-2-3-8(15)10(13)18/h8H,2-7H2,1H3,(H2,13,18)(H,16,17). The second-order valence-electron chi connectivity index (χ2n) is 5.52. The second-order valence-corrected chi connectivity index (χ2v) is 5.52. The van der Waals surface area contributed by atoms with Crippen LogP contribution in [0.25, 0.3) is 0 Å². The number of rotatable bonds is 4. The van der Waals surface area contributed by atoms with Crippen molar-refractivity contribution in [2.24, 2.45) is 5.73 Å². The minimum atomic E-state index is -1.04. The fraction of sp³-hybridized carbons (Fsp3) is 0.750. The highest BCUT2D eigenvalue weighted by Crippen LogP contribution is 2.28. The van der Waals surface area contributed by atoms with Gasteiger partial charge in [0.1, 0.15) is 18.2 Å². The Kier molecular flexibility index (Phi) is 3.85. The van der Waals surface area contributed by atoms with E-state index in [1.54, 1.807) is 11.8 Å². The molecule has 2 aliphatic rings. The molecule has 112 valence electrons. The topological polar surface area (TPSA) is 113 Å². The zero-order valence-corrected chi connectivity index (χ0v) is 11.4. The first-order valence-electron chi connectivity index (χ1n) is 6.53. The molecule has 0 radical (unpaired) electrons. The smallest absolute Gasteiger partial charge is 0.329 e. The Bertz CT molecular complexity index is 433. The summed E-state index contributed by atoms with van der Waals surface area (Å²) in [6.07, 6.45) is 1.36. The van der Waals surface area contributed by atoms with Crippen molar-refractivity contribution in [2.45, 2.75) is 31.4 Å². The van der Waals surface area contributed by atoms with Crippen molar-refractivity contribution in [1.29, 1.82) is 0 Å². The third kappa shape index (κ3) is 2.84. The normalized spacial score (nSPS) is 24.4. The van der Waals surface area contributed by atoms with Crippen LogP contribution in [0, 0.1) is 0 Å². The van der Waals surface area contributed by atoms with Crippen molar-refractivity contribution in [3.63, 3.8) is 0 Å². The van der Waals surface area contributed by atoms with Crippen LogP contribution >= 0.6 is 0 Å².